The number of nitrogens with one attached hydrogen (secondary N) is 1. The van der Waals surface area contributed by atoms with E-state index in [1.807, 2.05) is 6.07 Å². The molecule has 0 aliphatic heterocycles. The van der Waals surface area contributed by atoms with Crippen molar-refractivity contribution in [2.45, 2.75) is 57.6 Å². The Labute approximate surface area is 132 Å². The summed E-state index contributed by atoms with van der Waals surface area (Å²) in [5.74, 6) is -0.360. The van der Waals surface area contributed by atoms with Crippen molar-refractivity contribution < 1.29 is 9.13 Å². The van der Waals surface area contributed by atoms with Crippen molar-refractivity contribution in [1.82, 2.24) is 5.32 Å². The third kappa shape index (κ3) is 3.97. The van der Waals surface area contributed by atoms with E-state index in [-0.39, 0.29) is 22.5 Å². The van der Waals surface area contributed by atoms with Gasteiger partial charge >= 0.3 is 0 Å². The summed E-state index contributed by atoms with van der Waals surface area (Å²) in [6, 6.07) is 5.24. The molecule has 0 spiro atoms. The number of likely N-dealkylation sites (N-methyl/N-ethyl adjacent to an activating group) is 1. The van der Waals surface area contributed by atoms with Crippen LogP contribution in [0.1, 0.15) is 45.1 Å². The summed E-state index contributed by atoms with van der Waals surface area (Å²) in [5, 5.41) is 3.77. The number of hydrogen-bond donors (Lipinski definition) is 1. The Hall–Kier alpha value is -0.640. The molecular weight excluding hydrogens is 289 g/mol. The van der Waals surface area contributed by atoms with Crippen LogP contribution in [0, 0.1) is 5.82 Å². The fourth-order valence-electron chi connectivity index (χ4n) is 3.45. The van der Waals surface area contributed by atoms with Crippen LogP contribution in [-0.2, 0) is 11.2 Å². The van der Waals surface area contributed by atoms with Gasteiger partial charge in [-0.05, 0) is 50.4 Å². The molecule has 1 aliphatic carbocycles. The quantitative estimate of drug-likeness (QED) is 0.808. The average molecular weight is 314 g/mol. The first-order chi connectivity index (χ1) is 10.1. The molecule has 2 rings (SSSR count). The highest BCUT2D eigenvalue weighted by molar-refractivity contribution is 6.30. The van der Waals surface area contributed by atoms with Crippen LogP contribution in [0.25, 0.3) is 0 Å². The number of rotatable bonds is 7. The highest BCUT2D eigenvalue weighted by atomic mass is 35.5. The zero-order valence-electron chi connectivity index (χ0n) is 12.9. The smallest absolute Gasteiger partial charge is 0.141 e. The molecule has 0 radical (unpaired) electrons. The van der Waals surface area contributed by atoms with Crippen LogP contribution in [0.4, 0.5) is 4.39 Å². The normalized spacial score (nSPS) is 18.9. The molecule has 0 heterocycles. The van der Waals surface area contributed by atoms with Gasteiger partial charge in [-0.3, -0.25) is 0 Å². The van der Waals surface area contributed by atoms with Crippen molar-refractivity contribution in [2.24, 2.45) is 0 Å². The molecule has 1 fully saturated rings. The van der Waals surface area contributed by atoms with Gasteiger partial charge in [-0.1, -0.05) is 37.4 Å². The molecule has 0 amide bonds. The fourth-order valence-corrected chi connectivity index (χ4v) is 3.65. The van der Waals surface area contributed by atoms with Gasteiger partial charge in [-0.15, -0.1) is 0 Å². The summed E-state index contributed by atoms with van der Waals surface area (Å²) >= 11 is 5.90. The number of ether oxygens (including phenoxy) is 1. The van der Waals surface area contributed by atoms with Gasteiger partial charge in [0.25, 0.3) is 0 Å². The van der Waals surface area contributed by atoms with Crippen LogP contribution < -0.4 is 5.32 Å². The average Bonchev–Trinajstić information content (AvgIpc) is 2.92. The first-order valence-electron chi connectivity index (χ1n) is 7.92. The van der Waals surface area contributed by atoms with E-state index in [4.69, 9.17) is 16.3 Å². The summed E-state index contributed by atoms with van der Waals surface area (Å²) < 4.78 is 19.5. The van der Waals surface area contributed by atoms with E-state index in [9.17, 15) is 4.39 Å². The molecule has 0 bridgehead atoms. The van der Waals surface area contributed by atoms with Crippen molar-refractivity contribution in [3.63, 3.8) is 0 Å². The second-order valence-electron chi connectivity index (χ2n) is 5.77. The third-order valence-corrected chi connectivity index (χ3v) is 4.68. The molecule has 118 valence electrons. The molecule has 1 atom stereocenters. The maximum absolute atomic E-state index is 13.3. The lowest BCUT2D eigenvalue weighted by Crippen LogP contribution is -2.52. The molecule has 4 heteroatoms. The molecule has 1 N–H and O–H groups in total. The minimum atomic E-state index is -0.360. The van der Waals surface area contributed by atoms with E-state index in [1.54, 1.807) is 6.07 Å². The lowest BCUT2D eigenvalue weighted by atomic mass is 9.87. The van der Waals surface area contributed by atoms with E-state index < -0.39 is 0 Å². The molecule has 21 heavy (non-hydrogen) atoms. The number of benzene rings is 1. The van der Waals surface area contributed by atoms with Crippen LogP contribution in [0.5, 0.6) is 0 Å². The summed E-state index contributed by atoms with van der Waals surface area (Å²) in [7, 11) is 0. The lowest BCUT2D eigenvalue weighted by Gasteiger charge is -2.38. The van der Waals surface area contributed by atoms with Gasteiger partial charge in [-0.2, -0.15) is 0 Å². The molecular formula is C17H25ClFNO. The number of halogens is 2. The van der Waals surface area contributed by atoms with Gasteiger partial charge in [-0.25, -0.2) is 4.39 Å². The number of hydrogen-bond acceptors (Lipinski definition) is 2. The zero-order valence-corrected chi connectivity index (χ0v) is 13.7. The molecule has 2 nitrogen and oxygen atoms in total. The van der Waals surface area contributed by atoms with E-state index in [1.165, 1.54) is 18.9 Å². The largest absolute Gasteiger partial charge is 0.374 e. The first kappa shape index (κ1) is 16.7. The molecule has 0 aromatic heterocycles. The Kier molecular flexibility index (Phi) is 6.03. The van der Waals surface area contributed by atoms with Crippen LogP contribution in [-0.4, -0.2) is 24.8 Å². The first-order valence-corrected chi connectivity index (χ1v) is 8.30. The SMILES string of the molecule is CCNC(Cc1ccc(F)c(Cl)c1)C1(OCC)CCCC1. The van der Waals surface area contributed by atoms with Crippen molar-refractivity contribution in [3.05, 3.63) is 34.6 Å². The van der Waals surface area contributed by atoms with Crippen LogP contribution in [0.15, 0.2) is 18.2 Å². The van der Waals surface area contributed by atoms with Crippen molar-refractivity contribution in [2.75, 3.05) is 13.2 Å². The fraction of sp³-hybridized carbons (Fsp3) is 0.647. The van der Waals surface area contributed by atoms with Gasteiger partial charge in [0.1, 0.15) is 5.82 Å². The maximum atomic E-state index is 13.3. The second-order valence-corrected chi connectivity index (χ2v) is 6.17. The standard InChI is InChI=1S/C17H25ClFNO/c1-3-20-16(17(21-4-2)9-5-6-10-17)12-13-7-8-15(19)14(18)11-13/h7-8,11,16,20H,3-6,9-10,12H2,1-2H3. The molecule has 1 aliphatic rings. The molecule has 1 saturated carbocycles. The van der Waals surface area contributed by atoms with E-state index in [2.05, 4.69) is 19.2 Å². The molecule has 1 unspecified atom stereocenters. The van der Waals surface area contributed by atoms with E-state index in [0.29, 0.717) is 0 Å². The van der Waals surface area contributed by atoms with Crippen LogP contribution in [0.3, 0.4) is 0 Å². The Balaban J connectivity index is 2.19. The third-order valence-electron chi connectivity index (χ3n) is 4.39. The van der Waals surface area contributed by atoms with Gasteiger partial charge < -0.3 is 10.1 Å². The predicted molar refractivity (Wildman–Crippen MR) is 85.4 cm³/mol. The van der Waals surface area contributed by atoms with Gasteiger partial charge in [0.15, 0.2) is 0 Å². The maximum Gasteiger partial charge on any atom is 0.141 e. The van der Waals surface area contributed by atoms with Gasteiger partial charge in [0.05, 0.1) is 10.6 Å². The Morgan fingerprint density at radius 2 is 2.05 bits per heavy atom. The minimum Gasteiger partial charge on any atom is -0.374 e. The minimum absolute atomic E-state index is 0.0916. The summed E-state index contributed by atoms with van der Waals surface area (Å²) in [4.78, 5) is 0. The Bertz CT molecular complexity index is 460. The molecule has 1 aromatic rings. The van der Waals surface area contributed by atoms with E-state index >= 15 is 0 Å². The van der Waals surface area contributed by atoms with Crippen molar-refractivity contribution in [3.8, 4) is 0 Å². The summed E-state index contributed by atoms with van der Waals surface area (Å²) in [6.45, 7) is 5.79. The predicted octanol–water partition coefficient (Wildman–Crippen LogP) is 4.35. The summed E-state index contributed by atoms with van der Waals surface area (Å²) in [5.41, 5.74) is 0.962. The Morgan fingerprint density at radius 3 is 2.62 bits per heavy atom. The van der Waals surface area contributed by atoms with Gasteiger partial charge in [0.2, 0.25) is 0 Å². The topological polar surface area (TPSA) is 21.3 Å². The van der Waals surface area contributed by atoms with E-state index in [0.717, 1.165) is 38.0 Å². The second kappa shape index (κ2) is 7.57. The van der Waals surface area contributed by atoms with Crippen LogP contribution >= 0.6 is 11.6 Å². The van der Waals surface area contributed by atoms with Crippen molar-refractivity contribution >= 4 is 11.6 Å². The molecule has 1 aromatic carbocycles. The molecule has 0 saturated heterocycles. The Morgan fingerprint density at radius 1 is 1.33 bits per heavy atom. The highest BCUT2D eigenvalue weighted by Crippen LogP contribution is 2.37. The highest BCUT2D eigenvalue weighted by Gasteiger charge is 2.41. The summed E-state index contributed by atoms with van der Waals surface area (Å²) in [6.07, 6.45) is 5.42. The lowest BCUT2D eigenvalue weighted by molar-refractivity contribution is -0.0609. The van der Waals surface area contributed by atoms with Crippen molar-refractivity contribution in [1.29, 1.82) is 0 Å². The van der Waals surface area contributed by atoms with Crippen LogP contribution in [0.2, 0.25) is 5.02 Å². The zero-order chi connectivity index (χ0) is 15.3. The van der Waals surface area contributed by atoms with Gasteiger partial charge in [0, 0.05) is 12.6 Å². The monoisotopic (exact) mass is 313 g/mol.